The van der Waals surface area contributed by atoms with Gasteiger partial charge in [0.2, 0.25) is 5.91 Å². The maximum atomic E-state index is 13.0. The molecular formula is C10H7F3N2O2. The summed E-state index contributed by atoms with van der Waals surface area (Å²) in [6.45, 7) is -3.08. The van der Waals surface area contributed by atoms with Gasteiger partial charge in [-0.05, 0) is 6.07 Å². The van der Waals surface area contributed by atoms with Crippen LogP contribution in [0, 0.1) is 17.1 Å². The number of nitrogens with one attached hydrogen (secondary N) is 1. The number of hydrogen-bond donors (Lipinski definition) is 1. The molecule has 1 aromatic carbocycles. The third kappa shape index (κ3) is 4.42. The number of halogens is 3. The second-order valence-corrected chi connectivity index (χ2v) is 2.94. The topological polar surface area (TPSA) is 62.1 Å². The molecule has 7 heteroatoms. The van der Waals surface area contributed by atoms with Crippen LogP contribution < -0.4 is 10.1 Å². The SMILES string of the molecule is N#CCC(=O)Nc1cc(F)cc(OC(F)F)c1. The lowest BCUT2D eigenvalue weighted by Crippen LogP contribution is -2.11. The van der Waals surface area contributed by atoms with E-state index in [1.807, 2.05) is 0 Å². The van der Waals surface area contributed by atoms with Crippen LogP contribution in [0.15, 0.2) is 18.2 Å². The first-order chi connectivity index (χ1) is 8.01. The summed E-state index contributed by atoms with van der Waals surface area (Å²) in [6.07, 6.45) is -0.415. The van der Waals surface area contributed by atoms with Crippen molar-refractivity contribution in [3.8, 4) is 11.8 Å². The Labute approximate surface area is 94.6 Å². The molecule has 0 bridgehead atoms. The highest BCUT2D eigenvalue weighted by Gasteiger charge is 2.09. The predicted octanol–water partition coefficient (Wildman–Crippen LogP) is 2.28. The Bertz CT molecular complexity index is 457. The fourth-order valence-corrected chi connectivity index (χ4v) is 1.08. The van der Waals surface area contributed by atoms with Gasteiger partial charge in [0.25, 0.3) is 0 Å². The number of alkyl halides is 2. The molecule has 1 amide bonds. The Morgan fingerprint density at radius 1 is 1.47 bits per heavy atom. The second kappa shape index (κ2) is 5.75. The molecule has 0 radical (unpaired) electrons. The maximum Gasteiger partial charge on any atom is 0.387 e. The van der Waals surface area contributed by atoms with Gasteiger partial charge >= 0.3 is 6.61 Å². The number of nitrogens with zero attached hydrogens (tertiary/aromatic N) is 1. The molecular weight excluding hydrogens is 237 g/mol. The van der Waals surface area contributed by atoms with E-state index in [9.17, 15) is 18.0 Å². The van der Waals surface area contributed by atoms with Crippen LogP contribution in [-0.2, 0) is 4.79 Å². The third-order valence-corrected chi connectivity index (χ3v) is 1.62. The number of hydrogen-bond acceptors (Lipinski definition) is 3. The van der Waals surface area contributed by atoms with Crippen LogP contribution in [0.2, 0.25) is 0 Å². The number of carbonyl (C=O) groups is 1. The zero-order valence-corrected chi connectivity index (χ0v) is 8.41. The van der Waals surface area contributed by atoms with Crippen molar-refractivity contribution in [3.05, 3.63) is 24.0 Å². The van der Waals surface area contributed by atoms with E-state index in [4.69, 9.17) is 5.26 Å². The molecule has 1 aromatic rings. The Hall–Kier alpha value is -2.23. The van der Waals surface area contributed by atoms with Crippen molar-refractivity contribution in [2.45, 2.75) is 13.0 Å². The number of ether oxygens (including phenoxy) is 1. The molecule has 4 nitrogen and oxygen atoms in total. The minimum atomic E-state index is -3.08. The van der Waals surface area contributed by atoms with E-state index >= 15 is 0 Å². The van der Waals surface area contributed by atoms with Crippen molar-refractivity contribution >= 4 is 11.6 Å². The molecule has 0 aliphatic heterocycles. The molecule has 0 aliphatic carbocycles. The summed E-state index contributed by atoms with van der Waals surface area (Å²) < 4.78 is 40.7. The molecule has 17 heavy (non-hydrogen) atoms. The molecule has 90 valence electrons. The quantitative estimate of drug-likeness (QED) is 0.883. The lowest BCUT2D eigenvalue weighted by atomic mass is 10.3. The van der Waals surface area contributed by atoms with Crippen LogP contribution >= 0.6 is 0 Å². The van der Waals surface area contributed by atoms with Crippen LogP contribution in [0.1, 0.15) is 6.42 Å². The van der Waals surface area contributed by atoms with E-state index in [2.05, 4.69) is 10.1 Å². The lowest BCUT2D eigenvalue weighted by molar-refractivity contribution is -0.115. The molecule has 1 rings (SSSR count). The van der Waals surface area contributed by atoms with Gasteiger partial charge in [-0.1, -0.05) is 0 Å². The number of rotatable bonds is 4. The molecule has 0 atom stereocenters. The van der Waals surface area contributed by atoms with Crippen molar-refractivity contribution in [1.29, 1.82) is 5.26 Å². The fraction of sp³-hybridized carbons (Fsp3) is 0.200. The highest BCUT2D eigenvalue weighted by molar-refractivity contribution is 5.92. The van der Waals surface area contributed by atoms with Gasteiger partial charge in [-0.15, -0.1) is 0 Å². The zero-order chi connectivity index (χ0) is 12.8. The van der Waals surface area contributed by atoms with Gasteiger partial charge in [-0.25, -0.2) is 4.39 Å². The summed E-state index contributed by atoms with van der Waals surface area (Å²) >= 11 is 0. The van der Waals surface area contributed by atoms with Crippen molar-refractivity contribution in [2.75, 3.05) is 5.32 Å². The Morgan fingerprint density at radius 3 is 2.76 bits per heavy atom. The van der Waals surface area contributed by atoms with E-state index in [1.54, 1.807) is 6.07 Å². The van der Waals surface area contributed by atoms with Gasteiger partial charge < -0.3 is 10.1 Å². The monoisotopic (exact) mass is 244 g/mol. The average molecular weight is 244 g/mol. The molecule has 0 aromatic heterocycles. The molecule has 0 saturated heterocycles. The van der Waals surface area contributed by atoms with Gasteiger partial charge in [-0.3, -0.25) is 4.79 Å². The fourth-order valence-electron chi connectivity index (χ4n) is 1.08. The molecule has 0 unspecified atom stereocenters. The molecule has 0 heterocycles. The Kier molecular flexibility index (Phi) is 4.34. The normalized spacial score (nSPS) is 9.82. The predicted molar refractivity (Wildman–Crippen MR) is 51.9 cm³/mol. The number of benzene rings is 1. The van der Waals surface area contributed by atoms with E-state index in [1.165, 1.54) is 0 Å². The summed E-state index contributed by atoms with van der Waals surface area (Å²) in [7, 11) is 0. The number of carbonyl (C=O) groups excluding carboxylic acids is 1. The third-order valence-electron chi connectivity index (χ3n) is 1.62. The molecule has 0 spiro atoms. The summed E-state index contributed by atoms with van der Waals surface area (Å²) in [5, 5.41) is 10.4. The van der Waals surface area contributed by atoms with Crippen LogP contribution in [0.3, 0.4) is 0 Å². The minimum Gasteiger partial charge on any atom is -0.435 e. The number of anilines is 1. The van der Waals surface area contributed by atoms with Gasteiger partial charge in [0, 0.05) is 17.8 Å². The smallest absolute Gasteiger partial charge is 0.387 e. The number of nitriles is 1. The second-order valence-electron chi connectivity index (χ2n) is 2.94. The van der Waals surface area contributed by atoms with Crippen LogP contribution in [0.25, 0.3) is 0 Å². The zero-order valence-electron chi connectivity index (χ0n) is 8.41. The standard InChI is InChI=1S/C10H7F3N2O2/c11-6-3-7(15-9(16)1-2-14)5-8(4-6)17-10(12)13/h3-5,10H,1H2,(H,15,16). The van der Waals surface area contributed by atoms with Crippen molar-refractivity contribution in [3.63, 3.8) is 0 Å². The summed E-state index contributed by atoms with van der Waals surface area (Å²) in [6, 6.07) is 4.30. The van der Waals surface area contributed by atoms with E-state index in [0.717, 1.165) is 18.2 Å². The van der Waals surface area contributed by atoms with Crippen molar-refractivity contribution < 1.29 is 22.7 Å². The molecule has 1 N–H and O–H groups in total. The average Bonchev–Trinajstić information content (AvgIpc) is 2.14. The van der Waals surface area contributed by atoms with Crippen LogP contribution in [0.5, 0.6) is 5.75 Å². The Morgan fingerprint density at radius 2 is 2.18 bits per heavy atom. The lowest BCUT2D eigenvalue weighted by Gasteiger charge is -2.08. The van der Waals surface area contributed by atoms with Crippen molar-refractivity contribution in [2.24, 2.45) is 0 Å². The highest BCUT2D eigenvalue weighted by atomic mass is 19.3. The molecule has 0 saturated carbocycles. The van der Waals surface area contributed by atoms with Gasteiger partial charge in [0.05, 0.1) is 6.07 Å². The van der Waals surface area contributed by atoms with Crippen molar-refractivity contribution in [1.82, 2.24) is 0 Å². The van der Waals surface area contributed by atoms with E-state index in [0.29, 0.717) is 0 Å². The highest BCUT2D eigenvalue weighted by Crippen LogP contribution is 2.21. The molecule has 0 fully saturated rings. The maximum absolute atomic E-state index is 13.0. The Balaban J connectivity index is 2.82. The summed E-state index contributed by atoms with van der Waals surface area (Å²) in [5.74, 6) is -1.91. The van der Waals surface area contributed by atoms with Crippen LogP contribution in [0.4, 0.5) is 18.9 Å². The van der Waals surface area contributed by atoms with E-state index in [-0.39, 0.29) is 5.69 Å². The minimum absolute atomic E-state index is 0.0547. The largest absolute Gasteiger partial charge is 0.435 e. The van der Waals surface area contributed by atoms with Gasteiger partial charge in [-0.2, -0.15) is 14.0 Å². The van der Waals surface area contributed by atoms with Gasteiger partial charge in [0.15, 0.2) is 0 Å². The summed E-state index contributed by atoms with van der Waals surface area (Å²) in [4.78, 5) is 11.0. The van der Waals surface area contributed by atoms with Crippen LogP contribution in [-0.4, -0.2) is 12.5 Å². The first-order valence-electron chi connectivity index (χ1n) is 4.43. The van der Waals surface area contributed by atoms with E-state index < -0.39 is 30.5 Å². The molecule has 0 aliphatic rings. The number of amides is 1. The summed E-state index contributed by atoms with van der Waals surface area (Å²) in [5.41, 5.74) is -0.0547. The first kappa shape index (κ1) is 12.8. The van der Waals surface area contributed by atoms with Gasteiger partial charge in [0.1, 0.15) is 18.0 Å². The first-order valence-corrected chi connectivity index (χ1v) is 4.43.